The summed E-state index contributed by atoms with van der Waals surface area (Å²) >= 11 is 0. The average Bonchev–Trinajstić information content (AvgIpc) is 2.73. The van der Waals surface area contributed by atoms with E-state index in [9.17, 15) is 14.7 Å². The summed E-state index contributed by atoms with van der Waals surface area (Å²) in [6.07, 6.45) is 0.702. The lowest BCUT2D eigenvalue weighted by atomic mass is 9.89. The van der Waals surface area contributed by atoms with Crippen molar-refractivity contribution in [1.82, 2.24) is 4.90 Å². The van der Waals surface area contributed by atoms with Crippen molar-refractivity contribution in [2.24, 2.45) is 0 Å². The van der Waals surface area contributed by atoms with E-state index in [4.69, 9.17) is 4.74 Å². The molecule has 1 N–H and O–H groups in total. The van der Waals surface area contributed by atoms with Gasteiger partial charge in [0.1, 0.15) is 0 Å². The lowest BCUT2D eigenvalue weighted by Gasteiger charge is -2.33. The first-order valence-corrected chi connectivity index (χ1v) is 9.79. The molecule has 0 aromatic heterocycles. The molecule has 0 saturated heterocycles. The Morgan fingerprint density at radius 2 is 1.50 bits per heavy atom. The van der Waals surface area contributed by atoms with Gasteiger partial charge in [0.2, 0.25) is 5.91 Å². The van der Waals surface area contributed by atoms with E-state index in [1.165, 1.54) is 0 Å². The van der Waals surface area contributed by atoms with E-state index >= 15 is 0 Å². The molecule has 150 valence electrons. The van der Waals surface area contributed by atoms with Crippen LogP contribution in [0.15, 0.2) is 60.7 Å². The van der Waals surface area contributed by atoms with Crippen LogP contribution in [0.25, 0.3) is 0 Å². The SMILES string of the molecule is CCOC(=O)CCN(C(=O)C(c1ccccc1)c1ccccc1)C(CC)CO. The van der Waals surface area contributed by atoms with Gasteiger partial charge in [-0.1, -0.05) is 67.6 Å². The minimum Gasteiger partial charge on any atom is -0.466 e. The van der Waals surface area contributed by atoms with Crippen LogP contribution in [0.3, 0.4) is 0 Å². The highest BCUT2D eigenvalue weighted by atomic mass is 16.5. The maximum atomic E-state index is 13.6. The van der Waals surface area contributed by atoms with Gasteiger partial charge in [0, 0.05) is 6.54 Å². The van der Waals surface area contributed by atoms with Crippen molar-refractivity contribution in [1.29, 1.82) is 0 Å². The summed E-state index contributed by atoms with van der Waals surface area (Å²) in [6.45, 7) is 4.05. The number of carbonyl (C=O) groups excluding carboxylic acids is 2. The van der Waals surface area contributed by atoms with Gasteiger partial charge >= 0.3 is 5.97 Å². The molecular weight excluding hydrogens is 354 g/mol. The van der Waals surface area contributed by atoms with Crippen LogP contribution >= 0.6 is 0 Å². The first-order valence-electron chi connectivity index (χ1n) is 9.79. The van der Waals surface area contributed by atoms with Gasteiger partial charge in [-0.2, -0.15) is 0 Å². The quantitative estimate of drug-likeness (QED) is 0.639. The number of amides is 1. The van der Waals surface area contributed by atoms with Crippen LogP contribution < -0.4 is 0 Å². The van der Waals surface area contributed by atoms with Gasteiger partial charge in [-0.05, 0) is 24.5 Å². The summed E-state index contributed by atoms with van der Waals surface area (Å²) in [5.41, 5.74) is 1.76. The molecule has 0 aliphatic carbocycles. The molecule has 28 heavy (non-hydrogen) atoms. The van der Waals surface area contributed by atoms with Crippen LogP contribution in [0.2, 0.25) is 0 Å². The zero-order valence-electron chi connectivity index (χ0n) is 16.6. The maximum Gasteiger partial charge on any atom is 0.307 e. The molecular formula is C23H29NO4. The number of aliphatic hydroxyl groups is 1. The second kappa shape index (κ2) is 11.2. The number of hydrogen-bond donors (Lipinski definition) is 1. The largest absolute Gasteiger partial charge is 0.466 e. The van der Waals surface area contributed by atoms with E-state index in [0.717, 1.165) is 11.1 Å². The fourth-order valence-corrected chi connectivity index (χ4v) is 3.30. The zero-order chi connectivity index (χ0) is 20.4. The van der Waals surface area contributed by atoms with E-state index in [0.29, 0.717) is 13.0 Å². The molecule has 0 fully saturated rings. The highest BCUT2D eigenvalue weighted by Gasteiger charge is 2.31. The van der Waals surface area contributed by atoms with Crippen LogP contribution in [0.1, 0.15) is 43.7 Å². The molecule has 2 aromatic rings. The van der Waals surface area contributed by atoms with E-state index in [1.807, 2.05) is 67.6 Å². The van der Waals surface area contributed by atoms with Crippen LogP contribution in [0, 0.1) is 0 Å². The molecule has 2 aromatic carbocycles. The lowest BCUT2D eigenvalue weighted by molar-refractivity contribution is -0.145. The summed E-state index contributed by atoms with van der Waals surface area (Å²) in [5, 5.41) is 9.83. The molecule has 1 unspecified atom stereocenters. The second-order valence-corrected chi connectivity index (χ2v) is 6.59. The highest BCUT2D eigenvalue weighted by molar-refractivity contribution is 5.88. The fourth-order valence-electron chi connectivity index (χ4n) is 3.30. The predicted octanol–water partition coefficient (Wildman–Crippen LogP) is 3.37. The third kappa shape index (κ3) is 5.67. The number of carbonyl (C=O) groups is 2. The van der Waals surface area contributed by atoms with Gasteiger partial charge in [0.25, 0.3) is 0 Å². The molecule has 0 aliphatic heterocycles. The van der Waals surface area contributed by atoms with Crippen molar-refractivity contribution in [3.05, 3.63) is 71.8 Å². The minimum atomic E-state index is -0.495. The molecule has 1 amide bonds. The van der Waals surface area contributed by atoms with Crippen LogP contribution in [0.5, 0.6) is 0 Å². The van der Waals surface area contributed by atoms with E-state index in [2.05, 4.69) is 0 Å². The Kier molecular flexibility index (Phi) is 8.69. The summed E-state index contributed by atoms with van der Waals surface area (Å²) in [4.78, 5) is 27.1. The molecule has 1 atom stereocenters. The highest BCUT2D eigenvalue weighted by Crippen LogP contribution is 2.28. The Labute approximate surface area is 166 Å². The third-order valence-corrected chi connectivity index (χ3v) is 4.78. The Balaban J connectivity index is 2.37. The van der Waals surface area contributed by atoms with Crippen molar-refractivity contribution >= 4 is 11.9 Å². The maximum absolute atomic E-state index is 13.6. The zero-order valence-corrected chi connectivity index (χ0v) is 16.6. The van der Waals surface area contributed by atoms with Gasteiger partial charge in [-0.3, -0.25) is 9.59 Å². The van der Waals surface area contributed by atoms with Gasteiger partial charge < -0.3 is 14.7 Å². The van der Waals surface area contributed by atoms with Gasteiger partial charge in [0.05, 0.1) is 31.6 Å². The number of aliphatic hydroxyl groups excluding tert-OH is 1. The van der Waals surface area contributed by atoms with Crippen LogP contribution in [-0.4, -0.2) is 47.7 Å². The van der Waals surface area contributed by atoms with E-state index < -0.39 is 5.92 Å². The van der Waals surface area contributed by atoms with Crippen molar-refractivity contribution in [2.45, 2.75) is 38.6 Å². The molecule has 0 spiro atoms. The van der Waals surface area contributed by atoms with Crippen molar-refractivity contribution in [2.75, 3.05) is 19.8 Å². The third-order valence-electron chi connectivity index (χ3n) is 4.78. The molecule has 0 aliphatic rings. The molecule has 2 rings (SSSR count). The van der Waals surface area contributed by atoms with Gasteiger partial charge in [0.15, 0.2) is 0 Å². The smallest absolute Gasteiger partial charge is 0.307 e. The van der Waals surface area contributed by atoms with E-state index in [1.54, 1.807) is 11.8 Å². The molecule has 5 heteroatoms. The van der Waals surface area contributed by atoms with Crippen LogP contribution in [-0.2, 0) is 14.3 Å². The molecule has 5 nitrogen and oxygen atoms in total. The van der Waals surface area contributed by atoms with Crippen molar-refractivity contribution in [3.63, 3.8) is 0 Å². The molecule has 0 radical (unpaired) electrons. The Hall–Kier alpha value is -2.66. The first kappa shape index (κ1) is 21.6. The minimum absolute atomic E-state index is 0.104. The lowest BCUT2D eigenvalue weighted by Crippen LogP contribution is -2.45. The number of benzene rings is 2. The monoisotopic (exact) mass is 383 g/mol. The van der Waals surface area contributed by atoms with Crippen molar-refractivity contribution < 1.29 is 19.4 Å². The molecule has 0 bridgehead atoms. The number of esters is 1. The molecule has 0 saturated carbocycles. The van der Waals surface area contributed by atoms with Gasteiger partial charge in [-0.15, -0.1) is 0 Å². The normalized spacial score (nSPS) is 11.9. The predicted molar refractivity (Wildman–Crippen MR) is 109 cm³/mol. The Morgan fingerprint density at radius 1 is 0.964 bits per heavy atom. The topological polar surface area (TPSA) is 66.8 Å². The Morgan fingerprint density at radius 3 is 1.93 bits per heavy atom. The second-order valence-electron chi connectivity index (χ2n) is 6.59. The first-order chi connectivity index (χ1) is 13.6. The van der Waals surface area contributed by atoms with Crippen LogP contribution in [0.4, 0.5) is 0 Å². The van der Waals surface area contributed by atoms with Crippen molar-refractivity contribution in [3.8, 4) is 0 Å². The summed E-state index contributed by atoms with van der Waals surface area (Å²) in [5.74, 6) is -0.961. The summed E-state index contributed by atoms with van der Waals surface area (Å²) in [6, 6.07) is 18.8. The van der Waals surface area contributed by atoms with Gasteiger partial charge in [-0.25, -0.2) is 0 Å². The number of hydrogen-bond acceptors (Lipinski definition) is 4. The summed E-state index contributed by atoms with van der Waals surface area (Å²) < 4.78 is 5.01. The number of rotatable bonds is 10. The fraction of sp³-hybridized carbons (Fsp3) is 0.391. The number of nitrogens with zero attached hydrogens (tertiary/aromatic N) is 1. The Bertz CT molecular complexity index is 689. The average molecular weight is 383 g/mol. The summed E-state index contributed by atoms with van der Waals surface area (Å²) in [7, 11) is 0. The van der Waals surface area contributed by atoms with E-state index in [-0.39, 0.29) is 37.5 Å². The standard InChI is InChI=1S/C23H29NO4/c1-3-20(17-25)24(16-15-21(26)28-4-2)23(27)22(18-11-7-5-8-12-18)19-13-9-6-10-14-19/h5-14,20,22,25H,3-4,15-17H2,1-2H3. The molecule has 0 heterocycles. The number of ether oxygens (including phenoxy) is 1.